The maximum atomic E-state index is 12.2. The molecule has 0 amide bonds. The van der Waals surface area contributed by atoms with Gasteiger partial charge in [-0.25, -0.2) is 0 Å². The van der Waals surface area contributed by atoms with Crippen LogP contribution in [0.5, 0.6) is 5.75 Å². The molecule has 0 saturated heterocycles. The second-order valence-electron chi connectivity index (χ2n) is 10.7. The van der Waals surface area contributed by atoms with Crippen molar-refractivity contribution in [3.05, 3.63) is 99.2 Å². The van der Waals surface area contributed by atoms with Gasteiger partial charge in [0.15, 0.2) is 0 Å². The van der Waals surface area contributed by atoms with Crippen molar-refractivity contribution in [1.82, 2.24) is 9.55 Å². The number of carboxylic acid groups (broad SMARTS) is 1. The van der Waals surface area contributed by atoms with E-state index < -0.39 is 5.97 Å². The van der Waals surface area contributed by atoms with Gasteiger partial charge in [-0.05, 0) is 77.3 Å². The van der Waals surface area contributed by atoms with E-state index in [2.05, 4.69) is 54.5 Å². The molecule has 7 nitrogen and oxygen atoms in total. The van der Waals surface area contributed by atoms with E-state index >= 15 is 0 Å². The fourth-order valence-electron chi connectivity index (χ4n) is 6.11. The zero-order chi connectivity index (χ0) is 27.3. The van der Waals surface area contributed by atoms with Gasteiger partial charge in [0.05, 0.1) is 36.6 Å². The number of nitrogens with zero attached hydrogens (tertiary/aromatic N) is 2. The summed E-state index contributed by atoms with van der Waals surface area (Å²) in [5.41, 5.74) is 11.1. The number of aliphatic carboxylic acids is 1. The highest BCUT2D eigenvalue weighted by Gasteiger charge is 2.30. The molecule has 1 aliphatic heterocycles. The summed E-state index contributed by atoms with van der Waals surface area (Å²) in [7, 11) is 1.76. The van der Waals surface area contributed by atoms with Crippen molar-refractivity contribution in [2.45, 2.75) is 45.1 Å². The first-order valence-corrected chi connectivity index (χ1v) is 13.3. The first kappa shape index (κ1) is 24.9. The van der Waals surface area contributed by atoms with Crippen molar-refractivity contribution in [1.29, 1.82) is 0 Å². The van der Waals surface area contributed by atoms with Crippen LogP contribution in [-0.2, 0) is 18.3 Å². The third-order valence-electron chi connectivity index (χ3n) is 7.98. The lowest BCUT2D eigenvalue weighted by Crippen LogP contribution is -2.14. The van der Waals surface area contributed by atoms with E-state index in [1.807, 2.05) is 18.3 Å². The fourth-order valence-corrected chi connectivity index (χ4v) is 6.11. The number of benzene rings is 2. The number of rotatable bonds is 6. The van der Waals surface area contributed by atoms with Gasteiger partial charge in [-0.3, -0.25) is 14.6 Å². The summed E-state index contributed by atoms with van der Waals surface area (Å²) in [6.45, 7) is 4.64. The summed E-state index contributed by atoms with van der Waals surface area (Å²) >= 11 is 0. The van der Waals surface area contributed by atoms with E-state index in [4.69, 9.17) is 9.84 Å². The summed E-state index contributed by atoms with van der Waals surface area (Å²) in [6, 6.07) is 16.6. The number of hydrogen-bond donors (Lipinski definition) is 2. The lowest BCUT2D eigenvalue weighted by Gasteiger charge is -2.19. The van der Waals surface area contributed by atoms with Crippen LogP contribution in [0.1, 0.15) is 52.7 Å². The van der Waals surface area contributed by atoms with Gasteiger partial charge in [-0.1, -0.05) is 30.3 Å². The number of hydrogen-bond acceptors (Lipinski definition) is 5. The number of ether oxygens (including phenoxy) is 1. The van der Waals surface area contributed by atoms with Crippen LogP contribution in [0.25, 0.3) is 22.3 Å². The molecule has 6 rings (SSSR count). The molecule has 1 unspecified atom stereocenters. The van der Waals surface area contributed by atoms with Crippen molar-refractivity contribution < 1.29 is 14.6 Å². The number of pyridine rings is 2. The topological polar surface area (TPSA) is 93.5 Å². The number of carboxylic acids is 1. The van der Waals surface area contributed by atoms with E-state index in [0.717, 1.165) is 35.3 Å². The van der Waals surface area contributed by atoms with Gasteiger partial charge in [0.1, 0.15) is 5.75 Å². The molecular formula is C32H31N3O4. The van der Waals surface area contributed by atoms with Crippen LogP contribution in [0.4, 0.5) is 5.69 Å². The standard InChI is InChI=1S/C32H31N3O4/c1-18-11-21(20-9-10-35(3)29(36)13-20)12-19(2)31(18)26-6-4-5-25-24(26)7-8-27(25)34-23-15-28-32(33-16-23)22(17-39-28)14-30(37)38/h4-6,9-13,15-16,22,27,34H,7-8,14,17H2,1-3H3,(H,37,38)/t22?,27-/m1/s1. The molecule has 0 spiro atoms. The van der Waals surface area contributed by atoms with Crippen LogP contribution in [0.2, 0.25) is 0 Å². The molecule has 39 heavy (non-hydrogen) atoms. The number of aryl methyl sites for hydroxylation is 3. The third kappa shape index (κ3) is 4.58. The minimum absolute atomic E-state index is 0.0171. The Morgan fingerprint density at radius 1 is 1.13 bits per heavy atom. The first-order valence-electron chi connectivity index (χ1n) is 13.3. The summed E-state index contributed by atoms with van der Waals surface area (Å²) in [4.78, 5) is 27.9. The third-order valence-corrected chi connectivity index (χ3v) is 7.98. The smallest absolute Gasteiger partial charge is 0.304 e. The average molecular weight is 522 g/mol. The van der Waals surface area contributed by atoms with Crippen molar-refractivity contribution in [3.8, 4) is 28.0 Å². The maximum absolute atomic E-state index is 12.2. The van der Waals surface area contributed by atoms with Crippen molar-refractivity contribution >= 4 is 11.7 Å². The SMILES string of the molecule is Cc1cc(-c2ccn(C)c(=O)c2)cc(C)c1-c1cccc2c1CC[C@H]2Nc1cnc2c(c1)OCC2CC(=O)O. The van der Waals surface area contributed by atoms with E-state index in [-0.39, 0.29) is 23.9 Å². The normalized spacial score (nSPS) is 17.4. The van der Waals surface area contributed by atoms with E-state index in [9.17, 15) is 9.59 Å². The van der Waals surface area contributed by atoms with E-state index in [1.54, 1.807) is 23.9 Å². The molecule has 3 heterocycles. The average Bonchev–Trinajstić information content (AvgIpc) is 3.49. The number of aromatic nitrogens is 2. The molecule has 0 bridgehead atoms. The number of anilines is 1. The molecule has 2 atom stereocenters. The van der Waals surface area contributed by atoms with Gasteiger partial charge in [0.2, 0.25) is 0 Å². The second kappa shape index (κ2) is 9.73. The molecule has 7 heteroatoms. The van der Waals surface area contributed by atoms with Crippen molar-refractivity contribution in [2.75, 3.05) is 11.9 Å². The van der Waals surface area contributed by atoms with Crippen molar-refractivity contribution in [2.24, 2.45) is 7.05 Å². The summed E-state index contributed by atoms with van der Waals surface area (Å²) in [5, 5.41) is 12.8. The van der Waals surface area contributed by atoms with Crippen LogP contribution in [0.3, 0.4) is 0 Å². The lowest BCUT2D eigenvalue weighted by atomic mass is 9.88. The monoisotopic (exact) mass is 521 g/mol. The van der Waals surface area contributed by atoms with Crippen LogP contribution in [0.15, 0.2) is 65.7 Å². The van der Waals surface area contributed by atoms with Gasteiger partial charge in [-0.2, -0.15) is 0 Å². The Bertz CT molecular complexity index is 1650. The molecule has 2 aromatic carbocycles. The van der Waals surface area contributed by atoms with Gasteiger partial charge >= 0.3 is 5.97 Å². The van der Waals surface area contributed by atoms with Gasteiger partial charge < -0.3 is 19.7 Å². The Morgan fingerprint density at radius 3 is 2.67 bits per heavy atom. The first-order chi connectivity index (χ1) is 18.8. The summed E-state index contributed by atoms with van der Waals surface area (Å²) in [6.07, 6.45) is 5.55. The molecule has 2 aromatic heterocycles. The number of fused-ring (bicyclic) bond motifs is 2. The molecular weight excluding hydrogens is 490 g/mol. The molecule has 2 aliphatic rings. The van der Waals surface area contributed by atoms with Crippen LogP contribution in [-0.4, -0.2) is 27.2 Å². The predicted octanol–water partition coefficient (Wildman–Crippen LogP) is 5.78. The Labute approximate surface area is 227 Å². The molecule has 198 valence electrons. The number of carbonyl (C=O) groups is 1. The number of nitrogens with one attached hydrogen (secondary N) is 1. The minimum Gasteiger partial charge on any atom is -0.491 e. The molecule has 0 radical (unpaired) electrons. The fraction of sp³-hybridized carbons (Fsp3) is 0.281. The highest BCUT2D eigenvalue weighted by molar-refractivity contribution is 5.79. The molecule has 0 saturated carbocycles. The second-order valence-corrected chi connectivity index (χ2v) is 10.7. The van der Waals surface area contributed by atoms with Crippen LogP contribution >= 0.6 is 0 Å². The Balaban J connectivity index is 1.28. The highest BCUT2D eigenvalue weighted by Crippen LogP contribution is 2.43. The highest BCUT2D eigenvalue weighted by atomic mass is 16.5. The maximum Gasteiger partial charge on any atom is 0.304 e. The summed E-state index contributed by atoms with van der Waals surface area (Å²) < 4.78 is 7.34. The largest absolute Gasteiger partial charge is 0.491 e. The van der Waals surface area contributed by atoms with Gasteiger partial charge in [-0.15, -0.1) is 0 Å². The molecule has 0 fully saturated rings. The van der Waals surface area contributed by atoms with Crippen LogP contribution in [0, 0.1) is 13.8 Å². The Kier molecular flexibility index (Phi) is 6.22. The zero-order valence-electron chi connectivity index (χ0n) is 22.3. The van der Waals surface area contributed by atoms with E-state index in [1.165, 1.54) is 33.4 Å². The minimum atomic E-state index is -0.843. The predicted molar refractivity (Wildman–Crippen MR) is 151 cm³/mol. The molecule has 4 aromatic rings. The Hall–Kier alpha value is -4.39. The van der Waals surface area contributed by atoms with Crippen LogP contribution < -0.4 is 15.6 Å². The molecule has 1 aliphatic carbocycles. The quantitative estimate of drug-likeness (QED) is 0.334. The van der Waals surface area contributed by atoms with Gasteiger partial charge in [0, 0.05) is 31.3 Å². The lowest BCUT2D eigenvalue weighted by molar-refractivity contribution is -0.137. The summed E-state index contributed by atoms with van der Waals surface area (Å²) in [5.74, 6) is -0.378. The molecule has 2 N–H and O–H groups in total. The van der Waals surface area contributed by atoms with Crippen molar-refractivity contribution in [3.63, 3.8) is 0 Å². The zero-order valence-corrected chi connectivity index (χ0v) is 22.3. The van der Waals surface area contributed by atoms with Gasteiger partial charge in [0.25, 0.3) is 5.56 Å². The van der Waals surface area contributed by atoms with E-state index in [0.29, 0.717) is 12.4 Å². The Morgan fingerprint density at radius 2 is 1.92 bits per heavy atom.